The van der Waals surface area contributed by atoms with Crippen LogP contribution in [0.5, 0.6) is 0 Å². The van der Waals surface area contributed by atoms with Crippen molar-refractivity contribution in [2.75, 3.05) is 13.7 Å². The van der Waals surface area contributed by atoms with Gasteiger partial charge < -0.3 is 4.74 Å². The molecule has 0 radical (unpaired) electrons. The minimum atomic E-state index is -0.917. The van der Waals surface area contributed by atoms with Crippen molar-refractivity contribution in [3.63, 3.8) is 0 Å². The molecule has 0 spiro atoms. The van der Waals surface area contributed by atoms with Gasteiger partial charge in [0, 0.05) is 26.1 Å². The highest BCUT2D eigenvalue weighted by Gasteiger charge is 2.14. The van der Waals surface area contributed by atoms with Crippen molar-refractivity contribution in [1.82, 2.24) is 0 Å². The fraction of sp³-hybridized carbons (Fsp3) is 0.462. The standard InChI is InChI=1S/C13H16F2O2/c1-9(5-6-17-2)13(16)8-10-3-4-11(14)12(15)7-10/h3-4,7,9H,5-6,8H2,1-2H3. The van der Waals surface area contributed by atoms with Crippen LogP contribution in [-0.4, -0.2) is 19.5 Å². The Morgan fingerprint density at radius 1 is 1.35 bits per heavy atom. The second kappa shape index (κ2) is 6.45. The lowest BCUT2D eigenvalue weighted by Crippen LogP contribution is -2.15. The zero-order chi connectivity index (χ0) is 12.8. The molecule has 0 aromatic heterocycles. The molecule has 1 aromatic carbocycles. The summed E-state index contributed by atoms with van der Waals surface area (Å²) in [7, 11) is 1.58. The number of hydrogen-bond donors (Lipinski definition) is 0. The van der Waals surface area contributed by atoms with Gasteiger partial charge in [-0.3, -0.25) is 4.79 Å². The van der Waals surface area contributed by atoms with Gasteiger partial charge in [0.25, 0.3) is 0 Å². The van der Waals surface area contributed by atoms with Gasteiger partial charge in [-0.1, -0.05) is 13.0 Å². The zero-order valence-corrected chi connectivity index (χ0v) is 10.0. The molecule has 17 heavy (non-hydrogen) atoms. The Morgan fingerprint density at radius 2 is 2.06 bits per heavy atom. The van der Waals surface area contributed by atoms with Crippen LogP contribution in [0.3, 0.4) is 0 Å². The third-order valence-corrected chi connectivity index (χ3v) is 2.67. The Bertz CT molecular complexity index is 391. The maximum Gasteiger partial charge on any atom is 0.159 e. The lowest BCUT2D eigenvalue weighted by Gasteiger charge is -2.09. The SMILES string of the molecule is COCCC(C)C(=O)Cc1ccc(F)c(F)c1. The Morgan fingerprint density at radius 3 is 2.65 bits per heavy atom. The van der Waals surface area contributed by atoms with E-state index in [1.165, 1.54) is 6.07 Å². The van der Waals surface area contributed by atoms with Crippen LogP contribution in [-0.2, 0) is 16.0 Å². The van der Waals surface area contributed by atoms with Crippen LogP contribution in [0, 0.1) is 17.6 Å². The lowest BCUT2D eigenvalue weighted by atomic mass is 9.97. The number of halogens is 2. The number of ketones is 1. The molecule has 0 bridgehead atoms. The highest BCUT2D eigenvalue weighted by atomic mass is 19.2. The van der Waals surface area contributed by atoms with Crippen LogP contribution in [0.1, 0.15) is 18.9 Å². The molecular weight excluding hydrogens is 226 g/mol. The van der Waals surface area contributed by atoms with Crippen LogP contribution in [0.4, 0.5) is 8.78 Å². The number of hydrogen-bond acceptors (Lipinski definition) is 2. The van der Waals surface area contributed by atoms with Gasteiger partial charge in [0.2, 0.25) is 0 Å². The van der Waals surface area contributed by atoms with Gasteiger partial charge in [0.1, 0.15) is 5.78 Å². The van der Waals surface area contributed by atoms with Crippen molar-refractivity contribution in [2.24, 2.45) is 5.92 Å². The highest BCUT2D eigenvalue weighted by Crippen LogP contribution is 2.13. The normalized spacial score (nSPS) is 12.5. The van der Waals surface area contributed by atoms with Crippen LogP contribution in [0.2, 0.25) is 0 Å². The summed E-state index contributed by atoms with van der Waals surface area (Å²) >= 11 is 0. The van der Waals surface area contributed by atoms with E-state index in [1.54, 1.807) is 14.0 Å². The summed E-state index contributed by atoms with van der Waals surface area (Å²) in [4.78, 5) is 11.7. The van der Waals surface area contributed by atoms with E-state index in [0.717, 1.165) is 12.1 Å². The number of carbonyl (C=O) groups excluding carboxylic acids is 1. The summed E-state index contributed by atoms with van der Waals surface area (Å²) in [5.41, 5.74) is 0.498. The molecule has 94 valence electrons. The van der Waals surface area contributed by atoms with Gasteiger partial charge >= 0.3 is 0 Å². The first-order valence-electron chi connectivity index (χ1n) is 5.50. The van der Waals surface area contributed by atoms with Crippen LogP contribution >= 0.6 is 0 Å². The molecule has 0 saturated heterocycles. The number of Topliss-reactive ketones (excluding diaryl/α,β-unsaturated/α-hetero) is 1. The molecule has 0 fully saturated rings. The number of ether oxygens (including phenoxy) is 1. The topological polar surface area (TPSA) is 26.3 Å². The first-order valence-corrected chi connectivity index (χ1v) is 5.50. The average Bonchev–Trinajstić information content (AvgIpc) is 2.30. The summed E-state index contributed by atoms with van der Waals surface area (Å²) < 4.78 is 30.5. The van der Waals surface area contributed by atoms with Crippen molar-refractivity contribution in [1.29, 1.82) is 0 Å². The molecule has 0 amide bonds. The van der Waals surface area contributed by atoms with Crippen molar-refractivity contribution < 1.29 is 18.3 Å². The van der Waals surface area contributed by atoms with E-state index in [1.807, 2.05) is 0 Å². The van der Waals surface area contributed by atoms with Crippen molar-refractivity contribution in [3.8, 4) is 0 Å². The maximum atomic E-state index is 12.9. The molecular formula is C13H16F2O2. The van der Waals surface area contributed by atoms with Gasteiger partial charge in [0.15, 0.2) is 11.6 Å². The third-order valence-electron chi connectivity index (χ3n) is 2.67. The van der Waals surface area contributed by atoms with Gasteiger partial charge in [-0.25, -0.2) is 8.78 Å². The molecule has 2 nitrogen and oxygen atoms in total. The number of methoxy groups -OCH3 is 1. The predicted molar refractivity (Wildman–Crippen MR) is 60.7 cm³/mol. The molecule has 1 atom stereocenters. The average molecular weight is 242 g/mol. The van der Waals surface area contributed by atoms with Gasteiger partial charge in [-0.15, -0.1) is 0 Å². The van der Waals surface area contributed by atoms with E-state index in [4.69, 9.17) is 4.74 Å². The van der Waals surface area contributed by atoms with Crippen LogP contribution in [0.15, 0.2) is 18.2 Å². The largest absolute Gasteiger partial charge is 0.385 e. The summed E-state index contributed by atoms with van der Waals surface area (Å²) in [6.45, 7) is 2.33. The molecule has 0 aliphatic heterocycles. The van der Waals surface area contributed by atoms with E-state index in [-0.39, 0.29) is 18.1 Å². The molecule has 1 rings (SSSR count). The number of carbonyl (C=O) groups is 1. The first-order chi connectivity index (χ1) is 8.04. The second-order valence-electron chi connectivity index (χ2n) is 4.07. The highest BCUT2D eigenvalue weighted by molar-refractivity contribution is 5.82. The maximum absolute atomic E-state index is 12.9. The minimum Gasteiger partial charge on any atom is -0.385 e. The van der Waals surface area contributed by atoms with E-state index >= 15 is 0 Å². The predicted octanol–water partition coefficient (Wildman–Crippen LogP) is 2.75. The fourth-order valence-corrected chi connectivity index (χ4v) is 1.48. The summed E-state index contributed by atoms with van der Waals surface area (Å²) in [5, 5.41) is 0. The first kappa shape index (κ1) is 13.8. The third kappa shape index (κ3) is 4.23. The van der Waals surface area contributed by atoms with E-state index in [2.05, 4.69) is 0 Å². The van der Waals surface area contributed by atoms with Gasteiger partial charge in [0.05, 0.1) is 0 Å². The van der Waals surface area contributed by atoms with E-state index in [9.17, 15) is 13.6 Å². The Labute approximate surface area is 99.6 Å². The monoisotopic (exact) mass is 242 g/mol. The molecule has 4 heteroatoms. The molecule has 1 unspecified atom stereocenters. The summed E-state index contributed by atoms with van der Waals surface area (Å²) in [6, 6.07) is 3.54. The van der Waals surface area contributed by atoms with Crippen molar-refractivity contribution in [2.45, 2.75) is 19.8 Å². The quantitative estimate of drug-likeness (QED) is 0.766. The zero-order valence-electron chi connectivity index (χ0n) is 10.0. The van der Waals surface area contributed by atoms with Gasteiger partial charge in [-0.2, -0.15) is 0 Å². The van der Waals surface area contributed by atoms with E-state index in [0.29, 0.717) is 18.6 Å². The Kier molecular flexibility index (Phi) is 5.22. The number of rotatable bonds is 6. The second-order valence-corrected chi connectivity index (χ2v) is 4.07. The molecule has 0 aliphatic carbocycles. The summed E-state index contributed by atoms with van der Waals surface area (Å²) in [6.07, 6.45) is 0.765. The smallest absolute Gasteiger partial charge is 0.159 e. The molecule has 0 heterocycles. The number of benzene rings is 1. The van der Waals surface area contributed by atoms with Crippen molar-refractivity contribution >= 4 is 5.78 Å². The molecule has 1 aromatic rings. The Balaban J connectivity index is 2.58. The van der Waals surface area contributed by atoms with Crippen LogP contribution < -0.4 is 0 Å². The fourth-order valence-electron chi connectivity index (χ4n) is 1.48. The Hall–Kier alpha value is -1.29. The molecule has 0 aliphatic rings. The van der Waals surface area contributed by atoms with Crippen LogP contribution in [0.25, 0.3) is 0 Å². The molecule has 0 saturated carbocycles. The van der Waals surface area contributed by atoms with Gasteiger partial charge in [-0.05, 0) is 24.1 Å². The van der Waals surface area contributed by atoms with Crippen molar-refractivity contribution in [3.05, 3.63) is 35.4 Å². The molecule has 0 N–H and O–H groups in total. The minimum absolute atomic E-state index is 0.00746. The van der Waals surface area contributed by atoms with E-state index < -0.39 is 11.6 Å². The lowest BCUT2D eigenvalue weighted by molar-refractivity contribution is -0.122. The summed E-state index contributed by atoms with van der Waals surface area (Å²) in [5.74, 6) is -1.94.